The zero-order valence-electron chi connectivity index (χ0n) is 20.2. The maximum atomic E-state index is 12.2. The van der Waals surface area contributed by atoms with Crippen LogP contribution >= 0.6 is 0 Å². The lowest BCUT2D eigenvalue weighted by molar-refractivity contribution is -0.883. The molecule has 2 rings (SSSR count). The van der Waals surface area contributed by atoms with E-state index in [0.717, 1.165) is 25.5 Å². The first kappa shape index (κ1) is 24.7. The molecule has 0 N–H and O–H groups in total. The van der Waals surface area contributed by atoms with E-state index in [1.165, 1.54) is 57.8 Å². The highest BCUT2D eigenvalue weighted by molar-refractivity contribution is 5.70. The molecule has 2 aliphatic rings. The van der Waals surface area contributed by atoms with Gasteiger partial charge in [0.25, 0.3) is 0 Å². The second kappa shape index (κ2) is 10.6. The fourth-order valence-corrected chi connectivity index (χ4v) is 5.54. The third-order valence-electron chi connectivity index (χ3n) is 8.30. The van der Waals surface area contributed by atoms with Gasteiger partial charge in [0.05, 0.1) is 33.4 Å². The minimum Gasteiger partial charge on any atom is -0.462 e. The number of hydrogen-bond donors (Lipinski definition) is 0. The Bertz CT molecular complexity index is 516. The van der Waals surface area contributed by atoms with Gasteiger partial charge in [-0.25, -0.2) is 4.79 Å². The Morgan fingerprint density at radius 2 is 1.66 bits per heavy atom. The summed E-state index contributed by atoms with van der Waals surface area (Å²) in [7, 11) is 4.20. The van der Waals surface area contributed by atoms with E-state index in [4.69, 9.17) is 9.47 Å². The zero-order chi connectivity index (χ0) is 21.5. The molecular formula is C25H48NO3+. The number of quaternary nitrogens is 1. The summed E-state index contributed by atoms with van der Waals surface area (Å²) in [6.07, 6.45) is 12.9. The van der Waals surface area contributed by atoms with E-state index in [1.54, 1.807) is 0 Å². The van der Waals surface area contributed by atoms with Crippen LogP contribution in [0, 0.1) is 16.7 Å². The summed E-state index contributed by atoms with van der Waals surface area (Å²) in [6.45, 7) is 12.1. The fourth-order valence-electron chi connectivity index (χ4n) is 5.54. The molecule has 4 nitrogen and oxygen atoms in total. The van der Waals surface area contributed by atoms with Crippen molar-refractivity contribution in [3.8, 4) is 0 Å². The first-order valence-corrected chi connectivity index (χ1v) is 12.2. The van der Waals surface area contributed by atoms with Gasteiger partial charge < -0.3 is 14.0 Å². The summed E-state index contributed by atoms with van der Waals surface area (Å²) in [5, 5.41) is 0. The number of ether oxygens (including phenoxy) is 2. The number of hydrogen-bond acceptors (Lipinski definition) is 3. The Balaban J connectivity index is 1.58. The van der Waals surface area contributed by atoms with Gasteiger partial charge in [0.1, 0.15) is 6.54 Å². The molecule has 0 aliphatic heterocycles. The number of nitrogens with zero attached hydrogens (tertiary/aromatic N) is 1. The third kappa shape index (κ3) is 6.43. The van der Waals surface area contributed by atoms with E-state index in [1.807, 2.05) is 0 Å². The molecule has 0 spiro atoms. The van der Waals surface area contributed by atoms with Crippen LogP contribution in [0.4, 0.5) is 0 Å². The molecule has 2 saturated carbocycles. The summed E-state index contributed by atoms with van der Waals surface area (Å²) in [5.41, 5.74) is 0.701. The predicted octanol–water partition coefficient (Wildman–Crippen LogP) is 5.59. The van der Waals surface area contributed by atoms with Gasteiger partial charge in [-0.3, -0.25) is 0 Å². The Labute approximate surface area is 180 Å². The molecule has 2 fully saturated rings. The van der Waals surface area contributed by atoms with Crippen molar-refractivity contribution in [1.29, 1.82) is 0 Å². The molecule has 2 aliphatic carbocycles. The van der Waals surface area contributed by atoms with Crippen molar-refractivity contribution >= 4 is 5.97 Å². The quantitative estimate of drug-likeness (QED) is 0.213. The van der Waals surface area contributed by atoms with E-state index >= 15 is 0 Å². The zero-order valence-corrected chi connectivity index (χ0v) is 20.2. The van der Waals surface area contributed by atoms with Crippen LogP contribution in [-0.4, -0.2) is 57.0 Å². The van der Waals surface area contributed by atoms with E-state index in [2.05, 4.69) is 41.8 Å². The van der Waals surface area contributed by atoms with E-state index in [0.29, 0.717) is 34.6 Å². The number of carbonyl (C=O) groups is 1. The monoisotopic (exact) mass is 410 g/mol. The van der Waals surface area contributed by atoms with E-state index in [-0.39, 0.29) is 5.97 Å². The van der Waals surface area contributed by atoms with Crippen LogP contribution in [0.15, 0.2) is 0 Å². The van der Waals surface area contributed by atoms with Crippen molar-refractivity contribution < 1.29 is 18.8 Å². The first-order chi connectivity index (χ1) is 13.6. The average molecular weight is 411 g/mol. The highest BCUT2D eigenvalue weighted by atomic mass is 16.5. The summed E-state index contributed by atoms with van der Waals surface area (Å²) < 4.78 is 12.5. The van der Waals surface area contributed by atoms with Crippen LogP contribution in [0.5, 0.6) is 0 Å². The van der Waals surface area contributed by atoms with Crippen LogP contribution < -0.4 is 0 Å². The van der Waals surface area contributed by atoms with Gasteiger partial charge in [-0.2, -0.15) is 0 Å². The molecule has 2 bridgehead atoms. The van der Waals surface area contributed by atoms with Gasteiger partial charge in [0, 0.05) is 0 Å². The van der Waals surface area contributed by atoms with Crippen LogP contribution in [0.1, 0.15) is 91.9 Å². The normalized spacial score (nSPS) is 28.1. The smallest absolute Gasteiger partial charge is 0.361 e. The largest absolute Gasteiger partial charge is 0.462 e. The molecule has 0 saturated heterocycles. The van der Waals surface area contributed by atoms with Gasteiger partial charge in [0.15, 0.2) is 6.54 Å². The maximum absolute atomic E-state index is 12.2. The van der Waals surface area contributed by atoms with Gasteiger partial charge in [-0.05, 0) is 42.4 Å². The van der Waals surface area contributed by atoms with Crippen molar-refractivity contribution in [2.75, 3.05) is 40.4 Å². The summed E-state index contributed by atoms with van der Waals surface area (Å²) in [5.74, 6) is 0.732. The van der Waals surface area contributed by atoms with Crippen LogP contribution in [0.3, 0.4) is 0 Å². The molecule has 0 aromatic carbocycles. The number of rotatable bonds is 14. The summed E-state index contributed by atoms with van der Waals surface area (Å²) >= 11 is 0. The van der Waals surface area contributed by atoms with Crippen molar-refractivity contribution in [2.45, 2.75) is 98.0 Å². The Hall–Kier alpha value is -0.610. The molecule has 29 heavy (non-hydrogen) atoms. The van der Waals surface area contributed by atoms with Crippen LogP contribution in [0.25, 0.3) is 0 Å². The number of likely N-dealkylation sites (N-methyl/N-ethyl adjacent to an activating group) is 1. The Morgan fingerprint density at radius 3 is 2.24 bits per heavy atom. The number of unbranched alkanes of at least 4 members (excludes halogenated alkanes) is 6. The third-order valence-corrected chi connectivity index (χ3v) is 8.30. The van der Waals surface area contributed by atoms with Crippen LogP contribution in [0.2, 0.25) is 0 Å². The molecule has 0 unspecified atom stereocenters. The van der Waals surface area contributed by atoms with Gasteiger partial charge in [-0.15, -0.1) is 0 Å². The molecule has 0 aromatic rings. The molecule has 3 atom stereocenters. The SMILES string of the molecule is CCCCCCCCCOC(=O)C[N+](C)(C)CCO[C@@H]1C[C@H]2CC[C@]1(C)C2(C)C. The lowest BCUT2D eigenvalue weighted by Crippen LogP contribution is -2.47. The van der Waals surface area contributed by atoms with Crippen molar-refractivity contribution in [3.05, 3.63) is 0 Å². The van der Waals surface area contributed by atoms with E-state index in [9.17, 15) is 4.79 Å². The van der Waals surface area contributed by atoms with Gasteiger partial charge in [0.2, 0.25) is 0 Å². The number of fused-ring (bicyclic) bond motifs is 2. The molecule has 4 heteroatoms. The Kier molecular flexibility index (Phi) is 9.03. The lowest BCUT2D eigenvalue weighted by Gasteiger charge is -2.39. The maximum Gasteiger partial charge on any atom is 0.361 e. The Morgan fingerprint density at radius 1 is 1.00 bits per heavy atom. The minimum atomic E-state index is -0.0750. The highest BCUT2D eigenvalue weighted by Gasteiger charge is 2.61. The second-order valence-electron chi connectivity index (χ2n) is 11.1. The fraction of sp³-hybridized carbons (Fsp3) is 0.960. The predicted molar refractivity (Wildman–Crippen MR) is 120 cm³/mol. The molecule has 0 amide bonds. The number of carbonyl (C=O) groups excluding carboxylic acids is 1. The van der Waals surface area contributed by atoms with Gasteiger partial charge in [-0.1, -0.05) is 66.2 Å². The van der Waals surface area contributed by atoms with Crippen molar-refractivity contribution in [1.82, 2.24) is 0 Å². The van der Waals surface area contributed by atoms with Crippen molar-refractivity contribution in [2.24, 2.45) is 16.7 Å². The summed E-state index contributed by atoms with van der Waals surface area (Å²) in [6, 6.07) is 0. The van der Waals surface area contributed by atoms with E-state index < -0.39 is 0 Å². The highest BCUT2D eigenvalue weighted by Crippen LogP contribution is 2.66. The lowest BCUT2D eigenvalue weighted by atomic mass is 9.70. The molecule has 0 heterocycles. The molecule has 0 aromatic heterocycles. The molecule has 170 valence electrons. The van der Waals surface area contributed by atoms with Crippen LogP contribution in [-0.2, 0) is 14.3 Å². The minimum absolute atomic E-state index is 0.0750. The second-order valence-corrected chi connectivity index (χ2v) is 11.1. The number of esters is 1. The molecular weight excluding hydrogens is 362 g/mol. The topological polar surface area (TPSA) is 35.5 Å². The summed E-state index contributed by atoms with van der Waals surface area (Å²) in [4.78, 5) is 12.2. The van der Waals surface area contributed by atoms with Crippen molar-refractivity contribution in [3.63, 3.8) is 0 Å². The first-order valence-electron chi connectivity index (χ1n) is 12.2. The average Bonchev–Trinajstić information content (AvgIpc) is 2.97. The van der Waals surface area contributed by atoms with Gasteiger partial charge >= 0.3 is 5.97 Å². The molecule has 0 radical (unpaired) electrons. The standard InChI is InChI=1S/C25H48NO3/c1-7-8-9-10-11-12-13-17-29-23(27)20-26(5,6)16-18-28-22-19-21-14-15-25(22,4)24(21,2)3/h21-22H,7-20H2,1-6H3/q+1/t21-,22-,25+/m1/s1.